The maximum Gasteiger partial charge on any atom is 0.306 e. The van der Waals surface area contributed by atoms with Gasteiger partial charge in [0.1, 0.15) is 13.2 Å². The van der Waals surface area contributed by atoms with E-state index in [-0.39, 0.29) is 37.5 Å². The van der Waals surface area contributed by atoms with Crippen molar-refractivity contribution in [2.45, 2.75) is 258 Å². The van der Waals surface area contributed by atoms with Crippen LogP contribution < -0.4 is 0 Å². The fraction of sp³-hybridized carbons (Fsp3) is 0.689. The summed E-state index contributed by atoms with van der Waals surface area (Å²) in [6, 6.07) is 0. The molecule has 0 aliphatic heterocycles. The molecule has 67 heavy (non-hydrogen) atoms. The minimum Gasteiger partial charge on any atom is -0.462 e. The predicted octanol–water partition coefficient (Wildman–Crippen LogP) is 18.5. The molecule has 0 spiro atoms. The van der Waals surface area contributed by atoms with E-state index in [0.29, 0.717) is 19.3 Å². The van der Waals surface area contributed by atoms with Crippen LogP contribution in [0.25, 0.3) is 0 Å². The van der Waals surface area contributed by atoms with Crippen LogP contribution in [0.1, 0.15) is 252 Å². The molecule has 0 amide bonds. The standard InChI is InChI=1S/C61H102O6/c1-4-7-10-13-16-19-22-24-26-28-30-32-34-36-39-42-45-48-51-54-60(63)66-57-58(56-65-59(62)53-50-47-44-41-38-21-18-15-12-9-6-3)67-61(64)55-52-49-46-43-40-37-35-33-31-29-27-25-23-20-17-14-11-8-5-2/h7,9-10,12,16,18-19,21,24,26,29-32,41,44,58H,4-6,8,11,13-15,17,20,22-23,25,27-28,33-40,42-43,45-57H2,1-3H3/b10-7-,12-9-,19-16-,21-18-,26-24-,31-29-,32-30-,44-41-. The molecular formula is C61H102O6. The van der Waals surface area contributed by atoms with E-state index in [1.165, 1.54) is 103 Å². The van der Waals surface area contributed by atoms with Gasteiger partial charge in [-0.3, -0.25) is 14.4 Å². The van der Waals surface area contributed by atoms with Gasteiger partial charge in [-0.1, -0.05) is 221 Å². The third-order valence-electron chi connectivity index (χ3n) is 11.6. The fourth-order valence-corrected chi connectivity index (χ4v) is 7.45. The molecule has 6 heteroatoms. The first kappa shape index (κ1) is 63.3. The number of esters is 3. The molecule has 0 aliphatic rings. The lowest BCUT2D eigenvalue weighted by Gasteiger charge is -2.18. The topological polar surface area (TPSA) is 78.9 Å². The number of ether oxygens (including phenoxy) is 3. The summed E-state index contributed by atoms with van der Waals surface area (Å²) in [5.41, 5.74) is 0. The van der Waals surface area contributed by atoms with Gasteiger partial charge in [-0.05, 0) is 109 Å². The molecule has 6 nitrogen and oxygen atoms in total. The molecule has 0 bridgehead atoms. The summed E-state index contributed by atoms with van der Waals surface area (Å²) in [7, 11) is 0. The molecule has 0 aromatic carbocycles. The van der Waals surface area contributed by atoms with Crippen LogP contribution in [0.15, 0.2) is 97.2 Å². The maximum absolute atomic E-state index is 12.8. The van der Waals surface area contributed by atoms with Crippen LogP contribution in [0.3, 0.4) is 0 Å². The van der Waals surface area contributed by atoms with Crippen LogP contribution in [-0.4, -0.2) is 37.2 Å². The highest BCUT2D eigenvalue weighted by molar-refractivity contribution is 5.71. The van der Waals surface area contributed by atoms with Gasteiger partial charge in [0.05, 0.1) is 0 Å². The maximum atomic E-state index is 12.8. The Morgan fingerprint density at radius 3 is 0.985 bits per heavy atom. The molecule has 0 fully saturated rings. The molecular weight excluding hydrogens is 829 g/mol. The first-order valence-corrected chi connectivity index (χ1v) is 27.7. The zero-order chi connectivity index (χ0) is 48.6. The first-order chi connectivity index (χ1) is 33.0. The van der Waals surface area contributed by atoms with Crippen molar-refractivity contribution >= 4 is 17.9 Å². The van der Waals surface area contributed by atoms with E-state index in [9.17, 15) is 14.4 Å². The van der Waals surface area contributed by atoms with Crippen LogP contribution in [0.4, 0.5) is 0 Å². The Kier molecular flexibility index (Phi) is 51.9. The van der Waals surface area contributed by atoms with Gasteiger partial charge in [-0.15, -0.1) is 0 Å². The molecule has 0 N–H and O–H groups in total. The highest BCUT2D eigenvalue weighted by Crippen LogP contribution is 2.14. The van der Waals surface area contributed by atoms with Crippen molar-refractivity contribution in [1.29, 1.82) is 0 Å². The Hall–Kier alpha value is -3.67. The number of carbonyl (C=O) groups is 3. The molecule has 0 aromatic rings. The van der Waals surface area contributed by atoms with Gasteiger partial charge in [-0.2, -0.15) is 0 Å². The lowest BCUT2D eigenvalue weighted by Crippen LogP contribution is -2.30. The monoisotopic (exact) mass is 931 g/mol. The fourth-order valence-electron chi connectivity index (χ4n) is 7.45. The Morgan fingerprint density at radius 2 is 0.597 bits per heavy atom. The highest BCUT2D eigenvalue weighted by Gasteiger charge is 2.19. The summed E-state index contributed by atoms with van der Waals surface area (Å²) in [6.45, 7) is 6.35. The molecule has 0 heterocycles. The van der Waals surface area contributed by atoms with Gasteiger partial charge >= 0.3 is 17.9 Å². The van der Waals surface area contributed by atoms with E-state index in [1.54, 1.807) is 0 Å². The lowest BCUT2D eigenvalue weighted by molar-refractivity contribution is -0.167. The van der Waals surface area contributed by atoms with Crippen LogP contribution >= 0.6 is 0 Å². The predicted molar refractivity (Wildman–Crippen MR) is 288 cm³/mol. The Labute approximate surface area is 413 Å². The number of rotatable bonds is 49. The molecule has 382 valence electrons. The molecule has 1 atom stereocenters. The minimum atomic E-state index is -0.807. The van der Waals surface area contributed by atoms with Crippen LogP contribution in [0, 0.1) is 0 Å². The van der Waals surface area contributed by atoms with Crippen molar-refractivity contribution in [2.24, 2.45) is 0 Å². The van der Waals surface area contributed by atoms with E-state index >= 15 is 0 Å². The van der Waals surface area contributed by atoms with E-state index in [2.05, 4.69) is 118 Å². The van der Waals surface area contributed by atoms with E-state index in [1.807, 2.05) is 0 Å². The summed E-state index contributed by atoms with van der Waals surface area (Å²) in [5.74, 6) is -0.976. The Balaban J connectivity index is 4.41. The van der Waals surface area contributed by atoms with E-state index < -0.39 is 6.10 Å². The molecule has 0 rings (SSSR count). The number of carbonyl (C=O) groups excluding carboxylic acids is 3. The van der Waals surface area contributed by atoms with Crippen LogP contribution in [0.2, 0.25) is 0 Å². The summed E-state index contributed by atoms with van der Waals surface area (Å²) in [6.07, 6.45) is 72.7. The summed E-state index contributed by atoms with van der Waals surface area (Å²) >= 11 is 0. The van der Waals surface area contributed by atoms with Gasteiger partial charge in [0.15, 0.2) is 6.10 Å². The van der Waals surface area contributed by atoms with Crippen molar-refractivity contribution in [3.63, 3.8) is 0 Å². The average molecular weight is 931 g/mol. The Morgan fingerprint density at radius 1 is 0.313 bits per heavy atom. The normalized spacial score (nSPS) is 12.8. The van der Waals surface area contributed by atoms with Crippen LogP contribution in [-0.2, 0) is 28.6 Å². The lowest BCUT2D eigenvalue weighted by atomic mass is 10.1. The third-order valence-corrected chi connectivity index (χ3v) is 11.6. The Bertz CT molecular complexity index is 1350. The molecule has 0 saturated heterocycles. The second-order valence-corrected chi connectivity index (χ2v) is 18.1. The molecule has 0 aliphatic carbocycles. The average Bonchev–Trinajstić information content (AvgIpc) is 3.33. The van der Waals surface area contributed by atoms with Crippen molar-refractivity contribution < 1.29 is 28.6 Å². The SMILES string of the molecule is CC/C=C\C/C=C\C/C=C\C/C=C\CCCCCCCCC(=O)OCC(COC(=O)CCC/C=C\C/C=C\C/C=C\CC)OC(=O)CCCCCCCCC/C=C\CCCCCCCCCC. The molecule has 0 aromatic heterocycles. The summed E-state index contributed by atoms with van der Waals surface area (Å²) < 4.78 is 16.8. The van der Waals surface area contributed by atoms with Crippen molar-refractivity contribution in [2.75, 3.05) is 13.2 Å². The number of hydrogen-bond acceptors (Lipinski definition) is 6. The zero-order valence-electron chi connectivity index (χ0n) is 43.6. The summed E-state index contributed by atoms with van der Waals surface area (Å²) in [5, 5.41) is 0. The van der Waals surface area contributed by atoms with Crippen molar-refractivity contribution in [1.82, 2.24) is 0 Å². The van der Waals surface area contributed by atoms with Gasteiger partial charge in [0.2, 0.25) is 0 Å². The second kappa shape index (κ2) is 54.9. The van der Waals surface area contributed by atoms with Crippen LogP contribution in [0.5, 0.6) is 0 Å². The smallest absolute Gasteiger partial charge is 0.306 e. The third kappa shape index (κ3) is 53.2. The largest absolute Gasteiger partial charge is 0.462 e. The van der Waals surface area contributed by atoms with Crippen molar-refractivity contribution in [3.8, 4) is 0 Å². The first-order valence-electron chi connectivity index (χ1n) is 27.7. The van der Waals surface area contributed by atoms with Gasteiger partial charge < -0.3 is 14.2 Å². The van der Waals surface area contributed by atoms with Gasteiger partial charge in [0, 0.05) is 19.3 Å². The van der Waals surface area contributed by atoms with Crippen molar-refractivity contribution in [3.05, 3.63) is 97.2 Å². The molecule has 0 saturated carbocycles. The quantitative estimate of drug-likeness (QED) is 0.0262. The highest BCUT2D eigenvalue weighted by atomic mass is 16.6. The zero-order valence-corrected chi connectivity index (χ0v) is 43.6. The van der Waals surface area contributed by atoms with E-state index in [4.69, 9.17) is 14.2 Å². The number of hydrogen-bond donors (Lipinski definition) is 0. The summed E-state index contributed by atoms with van der Waals surface area (Å²) in [4.78, 5) is 38.0. The van der Waals surface area contributed by atoms with Gasteiger partial charge in [-0.25, -0.2) is 0 Å². The second-order valence-electron chi connectivity index (χ2n) is 18.1. The van der Waals surface area contributed by atoms with Gasteiger partial charge in [0.25, 0.3) is 0 Å². The number of allylic oxidation sites excluding steroid dienone is 16. The molecule has 1 unspecified atom stereocenters. The van der Waals surface area contributed by atoms with E-state index in [0.717, 1.165) is 103 Å². The molecule has 0 radical (unpaired) electrons. The minimum absolute atomic E-state index is 0.103. The number of unbranched alkanes of at least 4 members (excludes halogenated alkanes) is 22.